The number of aromatic nitrogens is 1. The number of amides is 1. The number of halogens is 1. The Labute approximate surface area is 136 Å². The van der Waals surface area contributed by atoms with E-state index in [1.54, 1.807) is 0 Å². The molecule has 4 heteroatoms. The quantitative estimate of drug-likeness (QED) is 0.886. The van der Waals surface area contributed by atoms with Crippen LogP contribution in [0.2, 0.25) is 5.02 Å². The van der Waals surface area contributed by atoms with Crippen LogP contribution in [0.3, 0.4) is 0 Å². The Hall–Kier alpha value is -1.74. The van der Waals surface area contributed by atoms with Gasteiger partial charge in [-0.05, 0) is 56.9 Å². The van der Waals surface area contributed by atoms with Crippen molar-refractivity contribution in [3.8, 4) is 0 Å². The van der Waals surface area contributed by atoms with Gasteiger partial charge in [0, 0.05) is 29.0 Å². The number of carbonyl (C=O) groups is 1. The molecule has 1 fully saturated rings. The second-order valence-corrected chi connectivity index (χ2v) is 6.45. The molecule has 0 saturated heterocycles. The van der Waals surface area contributed by atoms with Gasteiger partial charge in [-0.15, -0.1) is 0 Å². The van der Waals surface area contributed by atoms with Crippen LogP contribution < -0.4 is 5.32 Å². The molecule has 0 aliphatic heterocycles. The molecule has 1 heterocycles. The Bertz CT molecular complexity index is 684. The minimum Gasteiger partial charge on any atom is -0.352 e. The summed E-state index contributed by atoms with van der Waals surface area (Å²) in [5.74, 6) is 0.0222. The van der Waals surface area contributed by atoms with Crippen LogP contribution in [0.15, 0.2) is 30.3 Å². The lowest BCUT2D eigenvalue weighted by Gasteiger charge is -2.08. The smallest absolute Gasteiger partial charge is 0.253 e. The van der Waals surface area contributed by atoms with Gasteiger partial charge in [0.2, 0.25) is 0 Å². The summed E-state index contributed by atoms with van der Waals surface area (Å²) in [5, 5.41) is 3.75. The summed E-state index contributed by atoms with van der Waals surface area (Å²) in [4.78, 5) is 12.4. The molecule has 0 unspecified atom stereocenters. The molecule has 22 heavy (non-hydrogen) atoms. The summed E-state index contributed by atoms with van der Waals surface area (Å²) >= 11 is 5.87. The molecule has 3 rings (SSSR count). The maximum absolute atomic E-state index is 12.4. The van der Waals surface area contributed by atoms with Crippen LogP contribution in [-0.4, -0.2) is 17.0 Å². The first-order valence-corrected chi connectivity index (χ1v) is 8.15. The predicted molar refractivity (Wildman–Crippen MR) is 89.7 cm³/mol. The fourth-order valence-electron chi connectivity index (χ4n) is 2.97. The van der Waals surface area contributed by atoms with Crippen molar-refractivity contribution in [1.82, 2.24) is 9.88 Å². The largest absolute Gasteiger partial charge is 0.352 e. The van der Waals surface area contributed by atoms with Gasteiger partial charge in [0.1, 0.15) is 0 Å². The van der Waals surface area contributed by atoms with Crippen molar-refractivity contribution in [3.63, 3.8) is 0 Å². The van der Waals surface area contributed by atoms with E-state index >= 15 is 0 Å². The second kappa shape index (κ2) is 6.17. The molecule has 1 N–H and O–H groups in total. The highest BCUT2D eigenvalue weighted by molar-refractivity contribution is 6.30. The molecule has 1 aliphatic carbocycles. The van der Waals surface area contributed by atoms with E-state index in [2.05, 4.69) is 16.8 Å². The van der Waals surface area contributed by atoms with E-state index in [1.807, 2.05) is 37.3 Å². The van der Waals surface area contributed by atoms with Gasteiger partial charge < -0.3 is 9.88 Å². The first kappa shape index (κ1) is 15.2. The number of nitrogens with one attached hydrogen (secondary N) is 1. The van der Waals surface area contributed by atoms with Crippen LogP contribution in [0.1, 0.15) is 46.2 Å². The Balaban J connectivity index is 1.60. The normalized spacial score (nSPS) is 14.1. The number of benzene rings is 1. The van der Waals surface area contributed by atoms with Crippen LogP contribution in [0.25, 0.3) is 0 Å². The molecular weight excluding hydrogens is 296 g/mol. The van der Waals surface area contributed by atoms with Crippen molar-refractivity contribution in [1.29, 1.82) is 0 Å². The zero-order chi connectivity index (χ0) is 15.7. The minimum absolute atomic E-state index is 0.0222. The third-order valence-electron chi connectivity index (χ3n) is 4.25. The Morgan fingerprint density at radius 3 is 2.59 bits per heavy atom. The van der Waals surface area contributed by atoms with Crippen molar-refractivity contribution in [3.05, 3.63) is 57.9 Å². The summed E-state index contributed by atoms with van der Waals surface area (Å²) in [7, 11) is 0. The van der Waals surface area contributed by atoms with Crippen molar-refractivity contribution < 1.29 is 4.79 Å². The van der Waals surface area contributed by atoms with Crippen LogP contribution >= 0.6 is 11.6 Å². The molecule has 0 radical (unpaired) electrons. The minimum atomic E-state index is 0.0222. The monoisotopic (exact) mass is 316 g/mol. The number of hydrogen-bond donors (Lipinski definition) is 1. The Morgan fingerprint density at radius 2 is 1.95 bits per heavy atom. The van der Waals surface area contributed by atoms with Gasteiger partial charge in [-0.25, -0.2) is 0 Å². The van der Waals surface area contributed by atoms with Gasteiger partial charge in [0.15, 0.2) is 0 Å². The molecular formula is C18H21ClN2O. The highest BCUT2D eigenvalue weighted by atomic mass is 35.5. The highest BCUT2D eigenvalue weighted by Crippen LogP contribution is 2.38. The Kier molecular flexibility index (Phi) is 4.25. The number of aryl methyl sites for hydroxylation is 1. The van der Waals surface area contributed by atoms with Gasteiger partial charge in [0.25, 0.3) is 5.91 Å². The van der Waals surface area contributed by atoms with Crippen LogP contribution in [-0.2, 0) is 6.42 Å². The van der Waals surface area contributed by atoms with E-state index < -0.39 is 0 Å². The molecule has 0 atom stereocenters. The number of rotatable bonds is 5. The maximum Gasteiger partial charge on any atom is 0.253 e. The molecule has 2 aromatic rings. The average molecular weight is 317 g/mol. The van der Waals surface area contributed by atoms with Gasteiger partial charge in [-0.1, -0.05) is 23.7 Å². The fraction of sp³-hybridized carbons (Fsp3) is 0.389. The van der Waals surface area contributed by atoms with Gasteiger partial charge in [-0.2, -0.15) is 0 Å². The van der Waals surface area contributed by atoms with Crippen molar-refractivity contribution in [2.24, 2.45) is 0 Å². The topological polar surface area (TPSA) is 34.0 Å². The van der Waals surface area contributed by atoms with E-state index in [-0.39, 0.29) is 5.91 Å². The van der Waals surface area contributed by atoms with E-state index in [0.717, 1.165) is 22.7 Å². The van der Waals surface area contributed by atoms with E-state index in [4.69, 9.17) is 11.6 Å². The third-order valence-corrected chi connectivity index (χ3v) is 4.51. The summed E-state index contributed by atoms with van der Waals surface area (Å²) in [6.45, 7) is 4.75. The van der Waals surface area contributed by atoms with Crippen molar-refractivity contribution in [2.45, 2.75) is 39.2 Å². The SMILES string of the molecule is Cc1cc(C(=O)NCCc2ccc(Cl)cc2)c(C)n1C1CC1. The molecule has 1 aromatic carbocycles. The summed E-state index contributed by atoms with van der Waals surface area (Å²) < 4.78 is 2.30. The first-order chi connectivity index (χ1) is 10.6. The zero-order valence-corrected chi connectivity index (χ0v) is 13.8. The number of carbonyl (C=O) groups excluding carboxylic acids is 1. The highest BCUT2D eigenvalue weighted by Gasteiger charge is 2.28. The molecule has 0 bridgehead atoms. The van der Waals surface area contributed by atoms with E-state index in [1.165, 1.54) is 24.1 Å². The lowest BCUT2D eigenvalue weighted by Crippen LogP contribution is -2.26. The van der Waals surface area contributed by atoms with Crippen LogP contribution in [0.5, 0.6) is 0 Å². The molecule has 0 spiro atoms. The molecule has 1 aromatic heterocycles. The predicted octanol–water partition coefficient (Wildman–Crippen LogP) is 4.07. The number of hydrogen-bond acceptors (Lipinski definition) is 1. The zero-order valence-electron chi connectivity index (χ0n) is 13.0. The molecule has 1 amide bonds. The fourth-order valence-corrected chi connectivity index (χ4v) is 3.09. The second-order valence-electron chi connectivity index (χ2n) is 6.02. The van der Waals surface area contributed by atoms with Gasteiger partial charge in [-0.3, -0.25) is 4.79 Å². The number of nitrogens with zero attached hydrogens (tertiary/aromatic N) is 1. The maximum atomic E-state index is 12.4. The van der Waals surface area contributed by atoms with Crippen LogP contribution in [0.4, 0.5) is 0 Å². The average Bonchev–Trinajstić information content (AvgIpc) is 3.27. The third kappa shape index (κ3) is 3.20. The standard InChI is InChI=1S/C18H21ClN2O/c1-12-11-17(13(2)21(12)16-7-8-16)18(22)20-10-9-14-3-5-15(19)6-4-14/h3-6,11,16H,7-10H2,1-2H3,(H,20,22). The summed E-state index contributed by atoms with van der Waals surface area (Å²) in [6, 6.07) is 10.4. The Morgan fingerprint density at radius 1 is 1.27 bits per heavy atom. The molecule has 116 valence electrons. The summed E-state index contributed by atoms with van der Waals surface area (Å²) in [5.41, 5.74) is 4.25. The van der Waals surface area contributed by atoms with Crippen molar-refractivity contribution >= 4 is 17.5 Å². The van der Waals surface area contributed by atoms with Crippen molar-refractivity contribution in [2.75, 3.05) is 6.54 Å². The molecule has 3 nitrogen and oxygen atoms in total. The lowest BCUT2D eigenvalue weighted by molar-refractivity contribution is 0.0953. The van der Waals surface area contributed by atoms with E-state index in [9.17, 15) is 4.79 Å². The van der Waals surface area contributed by atoms with Gasteiger partial charge >= 0.3 is 0 Å². The first-order valence-electron chi connectivity index (χ1n) is 7.77. The van der Waals surface area contributed by atoms with Crippen LogP contribution in [0, 0.1) is 13.8 Å². The summed E-state index contributed by atoms with van der Waals surface area (Å²) in [6.07, 6.45) is 3.27. The lowest BCUT2D eigenvalue weighted by atomic mass is 10.1. The van der Waals surface area contributed by atoms with Gasteiger partial charge in [0.05, 0.1) is 5.56 Å². The molecule has 1 aliphatic rings. The molecule has 1 saturated carbocycles. The van der Waals surface area contributed by atoms with E-state index in [0.29, 0.717) is 12.6 Å².